The molecule has 3 aromatic carbocycles. The summed E-state index contributed by atoms with van der Waals surface area (Å²) in [4.78, 5) is 4.40. The van der Waals surface area contributed by atoms with Crippen molar-refractivity contribution in [3.8, 4) is 11.3 Å². The molecule has 0 aliphatic rings. The van der Waals surface area contributed by atoms with E-state index >= 15 is 0 Å². The van der Waals surface area contributed by atoms with Crippen LogP contribution in [0, 0.1) is 5.82 Å². The maximum atomic E-state index is 13.9. The van der Waals surface area contributed by atoms with Crippen LogP contribution in [0.15, 0.2) is 72.9 Å². The van der Waals surface area contributed by atoms with Crippen LogP contribution in [0.5, 0.6) is 0 Å². The van der Waals surface area contributed by atoms with Crippen molar-refractivity contribution < 1.29 is 4.39 Å². The molecule has 1 heterocycles. The molecule has 0 spiro atoms. The molecule has 0 aliphatic heterocycles. The van der Waals surface area contributed by atoms with Crippen molar-refractivity contribution in [3.63, 3.8) is 0 Å². The van der Waals surface area contributed by atoms with Gasteiger partial charge in [-0.3, -0.25) is 4.98 Å². The lowest BCUT2D eigenvalue weighted by molar-refractivity contribution is 0.631. The fourth-order valence-electron chi connectivity index (χ4n) is 2.72. The summed E-state index contributed by atoms with van der Waals surface area (Å²) in [6.45, 7) is 0. The van der Waals surface area contributed by atoms with Crippen LogP contribution in [0.3, 0.4) is 0 Å². The third kappa shape index (κ3) is 1.96. The van der Waals surface area contributed by atoms with E-state index in [1.165, 1.54) is 11.5 Å². The Balaban J connectivity index is 2.05. The van der Waals surface area contributed by atoms with Gasteiger partial charge in [-0.2, -0.15) is 0 Å². The van der Waals surface area contributed by atoms with Gasteiger partial charge in [0, 0.05) is 17.1 Å². The number of hydrogen-bond acceptors (Lipinski definition) is 1. The number of rotatable bonds is 1. The Hall–Kier alpha value is -2.74. The van der Waals surface area contributed by atoms with E-state index in [-0.39, 0.29) is 5.82 Å². The van der Waals surface area contributed by atoms with Crippen LogP contribution in [-0.4, -0.2) is 4.98 Å². The average Bonchev–Trinajstić information content (AvgIpc) is 2.55. The topological polar surface area (TPSA) is 12.9 Å². The monoisotopic (exact) mass is 273 g/mol. The molecular formula is C19H12FN. The second-order valence-corrected chi connectivity index (χ2v) is 5.06. The van der Waals surface area contributed by atoms with Crippen LogP contribution >= 0.6 is 0 Å². The van der Waals surface area contributed by atoms with Gasteiger partial charge in [0.25, 0.3) is 0 Å². The van der Waals surface area contributed by atoms with E-state index in [0.717, 1.165) is 16.2 Å². The summed E-state index contributed by atoms with van der Waals surface area (Å²) >= 11 is 0. The first kappa shape index (κ1) is 12.0. The first-order chi connectivity index (χ1) is 10.3. The third-order valence-electron chi connectivity index (χ3n) is 3.78. The van der Waals surface area contributed by atoms with Crippen LogP contribution in [0.4, 0.5) is 4.39 Å². The predicted octanol–water partition coefficient (Wildman–Crippen LogP) is 5.19. The number of aromatic nitrogens is 1. The molecule has 1 nitrogen and oxygen atoms in total. The molecule has 0 aliphatic carbocycles. The minimum Gasteiger partial charge on any atom is -0.255 e. The lowest BCUT2D eigenvalue weighted by Crippen LogP contribution is -1.88. The number of nitrogens with zero attached hydrogens (tertiary/aromatic N) is 1. The second-order valence-electron chi connectivity index (χ2n) is 5.06. The number of halogens is 1. The Morgan fingerprint density at radius 1 is 0.714 bits per heavy atom. The zero-order chi connectivity index (χ0) is 14.2. The summed E-state index contributed by atoms with van der Waals surface area (Å²) < 4.78 is 13.9. The molecule has 0 amide bonds. The molecule has 2 heteroatoms. The quantitative estimate of drug-likeness (QED) is 0.435. The summed E-state index contributed by atoms with van der Waals surface area (Å²) in [7, 11) is 0. The van der Waals surface area contributed by atoms with E-state index in [4.69, 9.17) is 0 Å². The molecule has 0 unspecified atom stereocenters. The van der Waals surface area contributed by atoms with Gasteiger partial charge in [0.05, 0.1) is 5.69 Å². The Morgan fingerprint density at radius 3 is 2.38 bits per heavy atom. The summed E-state index contributed by atoms with van der Waals surface area (Å²) in [6.07, 6.45) is 1.81. The molecule has 0 N–H and O–H groups in total. The van der Waals surface area contributed by atoms with Crippen molar-refractivity contribution in [1.82, 2.24) is 4.98 Å². The number of benzene rings is 3. The van der Waals surface area contributed by atoms with E-state index in [9.17, 15) is 4.39 Å². The van der Waals surface area contributed by atoms with Gasteiger partial charge in [0.2, 0.25) is 0 Å². The molecule has 4 rings (SSSR count). The fourth-order valence-corrected chi connectivity index (χ4v) is 2.72. The molecule has 21 heavy (non-hydrogen) atoms. The Morgan fingerprint density at radius 2 is 1.48 bits per heavy atom. The van der Waals surface area contributed by atoms with E-state index < -0.39 is 0 Å². The molecule has 1 aromatic heterocycles. The van der Waals surface area contributed by atoms with Crippen LogP contribution in [0.1, 0.15) is 0 Å². The molecule has 0 radical (unpaired) electrons. The number of fused-ring (bicyclic) bond motifs is 3. The first-order valence-corrected chi connectivity index (χ1v) is 6.85. The van der Waals surface area contributed by atoms with Crippen LogP contribution in [0.25, 0.3) is 32.8 Å². The molecular weight excluding hydrogens is 261 g/mol. The maximum absolute atomic E-state index is 13.9. The summed E-state index contributed by atoms with van der Waals surface area (Å²) in [5.74, 6) is -0.246. The minimum absolute atomic E-state index is 0.246. The van der Waals surface area contributed by atoms with Gasteiger partial charge in [0.15, 0.2) is 0 Å². The predicted molar refractivity (Wildman–Crippen MR) is 84.6 cm³/mol. The first-order valence-electron chi connectivity index (χ1n) is 6.85. The molecule has 0 atom stereocenters. The number of hydrogen-bond donors (Lipinski definition) is 0. The van der Waals surface area contributed by atoms with Gasteiger partial charge in [-0.15, -0.1) is 0 Å². The van der Waals surface area contributed by atoms with Gasteiger partial charge in [-0.25, -0.2) is 4.39 Å². The smallest absolute Gasteiger partial charge is 0.132 e. The maximum Gasteiger partial charge on any atom is 0.132 e. The standard InChI is InChI=1S/C19H12FN/c20-18-8-4-3-7-16(18)19-11-17-14(12-21-19)10-9-13-5-1-2-6-15(13)17/h1-12H. The van der Waals surface area contributed by atoms with Crippen molar-refractivity contribution in [3.05, 3.63) is 78.7 Å². The van der Waals surface area contributed by atoms with Crippen molar-refractivity contribution in [2.24, 2.45) is 0 Å². The zero-order valence-electron chi connectivity index (χ0n) is 11.3. The van der Waals surface area contributed by atoms with Crippen molar-refractivity contribution in [1.29, 1.82) is 0 Å². The van der Waals surface area contributed by atoms with Crippen LogP contribution < -0.4 is 0 Å². The highest BCUT2D eigenvalue weighted by Crippen LogP contribution is 2.29. The molecule has 4 aromatic rings. The van der Waals surface area contributed by atoms with Gasteiger partial charge < -0.3 is 0 Å². The van der Waals surface area contributed by atoms with Crippen molar-refractivity contribution in [2.75, 3.05) is 0 Å². The summed E-state index contributed by atoms with van der Waals surface area (Å²) in [5.41, 5.74) is 1.20. The Kier molecular flexibility index (Phi) is 2.68. The molecule has 100 valence electrons. The average molecular weight is 273 g/mol. The number of pyridine rings is 1. The van der Waals surface area contributed by atoms with Gasteiger partial charge in [0.1, 0.15) is 5.82 Å². The second kappa shape index (κ2) is 4.67. The summed E-state index contributed by atoms with van der Waals surface area (Å²) in [5, 5.41) is 4.50. The van der Waals surface area contributed by atoms with Gasteiger partial charge in [-0.1, -0.05) is 48.5 Å². The third-order valence-corrected chi connectivity index (χ3v) is 3.78. The Labute approximate surface area is 121 Å². The lowest BCUT2D eigenvalue weighted by Gasteiger charge is -2.07. The molecule has 0 bridgehead atoms. The highest BCUT2D eigenvalue weighted by atomic mass is 19.1. The molecule has 0 fully saturated rings. The van der Waals surface area contributed by atoms with Gasteiger partial charge in [-0.05, 0) is 34.4 Å². The van der Waals surface area contributed by atoms with E-state index in [2.05, 4.69) is 29.2 Å². The minimum atomic E-state index is -0.246. The lowest BCUT2D eigenvalue weighted by atomic mass is 10.0. The SMILES string of the molecule is Fc1ccccc1-c1cc2c(ccc3ccccc32)cn1. The summed E-state index contributed by atoms with van der Waals surface area (Å²) in [6, 6.07) is 21.1. The molecule has 0 saturated carbocycles. The van der Waals surface area contributed by atoms with Crippen LogP contribution in [-0.2, 0) is 0 Å². The highest BCUT2D eigenvalue weighted by molar-refractivity contribution is 6.08. The Bertz CT molecular complexity index is 960. The van der Waals surface area contributed by atoms with E-state index in [1.54, 1.807) is 12.1 Å². The zero-order valence-corrected chi connectivity index (χ0v) is 11.3. The van der Waals surface area contributed by atoms with Gasteiger partial charge >= 0.3 is 0 Å². The van der Waals surface area contributed by atoms with Crippen molar-refractivity contribution in [2.45, 2.75) is 0 Å². The van der Waals surface area contributed by atoms with E-state index in [0.29, 0.717) is 11.3 Å². The fraction of sp³-hybridized carbons (Fsp3) is 0. The largest absolute Gasteiger partial charge is 0.255 e. The highest BCUT2D eigenvalue weighted by Gasteiger charge is 2.07. The van der Waals surface area contributed by atoms with E-state index in [1.807, 2.05) is 30.5 Å². The van der Waals surface area contributed by atoms with Crippen molar-refractivity contribution >= 4 is 21.5 Å². The normalized spacial score (nSPS) is 11.1. The molecule has 0 saturated heterocycles. The van der Waals surface area contributed by atoms with Crippen LogP contribution in [0.2, 0.25) is 0 Å².